The normalized spacial score (nSPS) is 10.9. The molecule has 0 saturated carbocycles. The summed E-state index contributed by atoms with van der Waals surface area (Å²) < 4.78 is 11.6. The number of anilines is 2. The third-order valence-electron chi connectivity index (χ3n) is 6.21. The van der Waals surface area contributed by atoms with E-state index in [-0.39, 0.29) is 23.2 Å². The van der Waals surface area contributed by atoms with Crippen LogP contribution in [-0.4, -0.2) is 28.6 Å². The number of hydrazone groups is 1. The van der Waals surface area contributed by atoms with Crippen LogP contribution in [-0.2, 0) is 6.61 Å². The fourth-order valence-corrected chi connectivity index (χ4v) is 5.08. The number of thiazole rings is 1. The predicted molar refractivity (Wildman–Crippen MR) is 172 cm³/mol. The van der Waals surface area contributed by atoms with Crippen LogP contribution in [0.15, 0.2) is 101 Å². The average Bonchev–Trinajstić information content (AvgIpc) is 3.50. The summed E-state index contributed by atoms with van der Waals surface area (Å²) in [6.45, 7) is 2.33. The monoisotopic (exact) mass is 627 g/mol. The van der Waals surface area contributed by atoms with Crippen molar-refractivity contribution in [3.05, 3.63) is 128 Å². The molecule has 10 nitrogen and oxygen atoms in total. The van der Waals surface area contributed by atoms with Gasteiger partial charge in [0.25, 0.3) is 11.6 Å². The lowest BCUT2D eigenvalue weighted by atomic mass is 10.1. The maximum atomic E-state index is 12.7. The topological polar surface area (TPSA) is 128 Å². The first kappa shape index (κ1) is 30.2. The van der Waals surface area contributed by atoms with Gasteiger partial charge < -0.3 is 14.8 Å². The number of rotatable bonds is 12. The Labute approximate surface area is 262 Å². The number of ether oxygens (including phenoxy) is 2. The quantitative estimate of drug-likeness (QED) is 0.0818. The van der Waals surface area contributed by atoms with Gasteiger partial charge in [0.05, 0.1) is 28.5 Å². The van der Waals surface area contributed by atoms with E-state index in [0.29, 0.717) is 29.2 Å². The molecule has 5 rings (SSSR count). The van der Waals surface area contributed by atoms with Crippen LogP contribution < -0.4 is 20.2 Å². The number of nitro benzene ring substituents is 1. The number of carbonyl (C=O) groups excluding carboxylic acids is 1. The second-order valence-corrected chi connectivity index (χ2v) is 10.5. The molecule has 44 heavy (non-hydrogen) atoms. The number of carbonyl (C=O) groups is 1. The number of halogens is 1. The van der Waals surface area contributed by atoms with E-state index >= 15 is 0 Å². The third-order valence-corrected chi connectivity index (χ3v) is 7.25. The van der Waals surface area contributed by atoms with Gasteiger partial charge in [-0.3, -0.25) is 14.9 Å². The van der Waals surface area contributed by atoms with Crippen molar-refractivity contribution in [2.45, 2.75) is 13.5 Å². The molecule has 0 aliphatic carbocycles. The van der Waals surface area contributed by atoms with E-state index in [2.05, 4.69) is 20.8 Å². The Kier molecular flexibility index (Phi) is 9.80. The molecule has 1 amide bonds. The number of nitro groups is 1. The summed E-state index contributed by atoms with van der Waals surface area (Å²) in [4.78, 5) is 27.8. The second kappa shape index (κ2) is 14.3. The minimum absolute atomic E-state index is 0.00353. The van der Waals surface area contributed by atoms with Crippen molar-refractivity contribution in [2.75, 3.05) is 11.9 Å². The van der Waals surface area contributed by atoms with Crippen LogP contribution in [0.25, 0.3) is 11.3 Å². The molecule has 0 atom stereocenters. The average molecular weight is 628 g/mol. The highest BCUT2D eigenvalue weighted by atomic mass is 35.5. The number of nitrogens with one attached hydrogen (secondary N) is 2. The first-order valence-electron chi connectivity index (χ1n) is 13.4. The van der Waals surface area contributed by atoms with Gasteiger partial charge in [-0.25, -0.2) is 10.4 Å². The van der Waals surface area contributed by atoms with Gasteiger partial charge in [0, 0.05) is 34.3 Å². The molecule has 1 heterocycles. The van der Waals surface area contributed by atoms with Gasteiger partial charge in [-0.05, 0) is 66.6 Å². The summed E-state index contributed by atoms with van der Waals surface area (Å²) in [5.41, 5.74) is 6.92. The van der Waals surface area contributed by atoms with Gasteiger partial charge in [0.1, 0.15) is 6.61 Å². The van der Waals surface area contributed by atoms with Crippen molar-refractivity contribution >= 4 is 51.6 Å². The van der Waals surface area contributed by atoms with E-state index in [4.69, 9.17) is 21.1 Å². The molecule has 0 fully saturated rings. The highest BCUT2D eigenvalue weighted by Crippen LogP contribution is 2.37. The molecule has 1 aromatic heterocycles. The standard InChI is InChI=1S/C32H26ClN5O5S/c1-2-42-29-17-22(16-27(33)30(29)43-19-21-8-14-26(15-9-21)38(40)41)18-34-37-31(39)24-12-10-23(11-13-24)28-20-44-32(36-28)35-25-6-4-3-5-7-25/h3-18,20H,2,19H2,1H3,(H,35,36)(H,37,39)/b34-18-. The van der Waals surface area contributed by atoms with Crippen LogP contribution in [0.1, 0.15) is 28.4 Å². The van der Waals surface area contributed by atoms with Crippen LogP contribution in [0.5, 0.6) is 11.5 Å². The molecule has 2 N–H and O–H groups in total. The molecule has 0 aliphatic rings. The first-order valence-corrected chi connectivity index (χ1v) is 14.7. The summed E-state index contributed by atoms with van der Waals surface area (Å²) in [5, 5.41) is 21.3. The lowest BCUT2D eigenvalue weighted by molar-refractivity contribution is -0.384. The van der Waals surface area contributed by atoms with Gasteiger partial charge >= 0.3 is 0 Å². The lowest BCUT2D eigenvalue weighted by Gasteiger charge is -2.14. The Balaban J connectivity index is 1.19. The molecule has 0 bridgehead atoms. The van der Waals surface area contributed by atoms with Crippen LogP contribution in [0.2, 0.25) is 5.02 Å². The molecule has 0 spiro atoms. The van der Waals surface area contributed by atoms with E-state index < -0.39 is 4.92 Å². The summed E-state index contributed by atoms with van der Waals surface area (Å²) in [6, 6.07) is 26.3. The third kappa shape index (κ3) is 7.77. The van der Waals surface area contributed by atoms with Crippen LogP contribution in [0, 0.1) is 10.1 Å². The number of amides is 1. The van der Waals surface area contributed by atoms with Gasteiger partial charge in [0.15, 0.2) is 16.6 Å². The van der Waals surface area contributed by atoms with E-state index in [9.17, 15) is 14.9 Å². The summed E-state index contributed by atoms with van der Waals surface area (Å²) in [7, 11) is 0. The number of non-ortho nitro benzene ring substituents is 1. The number of nitrogens with zero attached hydrogens (tertiary/aromatic N) is 3. The fraction of sp³-hybridized carbons (Fsp3) is 0.0938. The van der Waals surface area contributed by atoms with Crippen molar-refractivity contribution in [2.24, 2.45) is 5.10 Å². The molecule has 0 saturated heterocycles. The van der Waals surface area contributed by atoms with E-state index in [1.54, 1.807) is 36.4 Å². The summed E-state index contributed by atoms with van der Waals surface area (Å²) >= 11 is 8.00. The zero-order chi connectivity index (χ0) is 30.9. The molecule has 0 unspecified atom stereocenters. The van der Waals surface area contributed by atoms with Gasteiger partial charge in [-0.1, -0.05) is 41.9 Å². The molecule has 12 heteroatoms. The number of hydrogen-bond donors (Lipinski definition) is 2. The van der Waals surface area contributed by atoms with Gasteiger partial charge in [-0.15, -0.1) is 11.3 Å². The maximum absolute atomic E-state index is 12.7. The number of aromatic nitrogens is 1. The minimum atomic E-state index is -0.461. The summed E-state index contributed by atoms with van der Waals surface area (Å²) in [5.74, 6) is 0.349. The Morgan fingerprint density at radius 2 is 1.80 bits per heavy atom. The van der Waals surface area contributed by atoms with Gasteiger partial charge in [0.2, 0.25) is 0 Å². The predicted octanol–water partition coefficient (Wildman–Crippen LogP) is 7.86. The van der Waals surface area contributed by atoms with Crippen molar-refractivity contribution in [1.29, 1.82) is 0 Å². The SMILES string of the molecule is CCOc1cc(/C=N\NC(=O)c2ccc(-c3csc(Nc4ccccc4)n3)cc2)cc(Cl)c1OCc1ccc([N+](=O)[O-])cc1. The van der Waals surface area contributed by atoms with E-state index in [0.717, 1.165) is 27.6 Å². The Morgan fingerprint density at radius 3 is 2.50 bits per heavy atom. The van der Waals surface area contributed by atoms with Crippen LogP contribution in [0.3, 0.4) is 0 Å². The van der Waals surface area contributed by atoms with E-state index in [1.165, 1.54) is 29.7 Å². The zero-order valence-corrected chi connectivity index (χ0v) is 25.0. The van der Waals surface area contributed by atoms with Gasteiger partial charge in [-0.2, -0.15) is 5.10 Å². The highest BCUT2D eigenvalue weighted by molar-refractivity contribution is 7.14. The number of benzene rings is 4. The molecule has 0 aliphatic heterocycles. The highest BCUT2D eigenvalue weighted by Gasteiger charge is 2.14. The largest absolute Gasteiger partial charge is 0.490 e. The Hall–Kier alpha value is -5.26. The second-order valence-electron chi connectivity index (χ2n) is 9.28. The fourth-order valence-electron chi connectivity index (χ4n) is 4.07. The summed E-state index contributed by atoms with van der Waals surface area (Å²) in [6.07, 6.45) is 1.46. The van der Waals surface area contributed by atoms with E-state index in [1.807, 2.05) is 54.8 Å². The van der Waals surface area contributed by atoms with Crippen molar-refractivity contribution in [3.63, 3.8) is 0 Å². The first-order chi connectivity index (χ1) is 21.4. The van der Waals surface area contributed by atoms with Crippen LogP contribution >= 0.6 is 22.9 Å². The molecule has 222 valence electrons. The zero-order valence-electron chi connectivity index (χ0n) is 23.4. The van der Waals surface area contributed by atoms with Crippen molar-refractivity contribution in [1.82, 2.24) is 10.4 Å². The Morgan fingerprint density at radius 1 is 1.05 bits per heavy atom. The van der Waals surface area contributed by atoms with Crippen molar-refractivity contribution in [3.8, 4) is 22.8 Å². The smallest absolute Gasteiger partial charge is 0.271 e. The number of para-hydroxylation sites is 1. The lowest BCUT2D eigenvalue weighted by Crippen LogP contribution is -2.17. The Bertz CT molecular complexity index is 1780. The number of hydrogen-bond acceptors (Lipinski definition) is 9. The molecule has 0 radical (unpaired) electrons. The molecule has 4 aromatic carbocycles. The molecular weight excluding hydrogens is 602 g/mol. The minimum Gasteiger partial charge on any atom is -0.490 e. The van der Waals surface area contributed by atoms with Crippen LogP contribution in [0.4, 0.5) is 16.5 Å². The van der Waals surface area contributed by atoms with Crippen molar-refractivity contribution < 1.29 is 19.2 Å². The molecule has 5 aromatic rings. The molecular formula is C32H26ClN5O5S. The maximum Gasteiger partial charge on any atom is 0.271 e.